The molecule has 0 fully saturated rings. The third-order valence-corrected chi connectivity index (χ3v) is 4.94. The molecule has 3 rings (SSSR count). The van der Waals surface area contributed by atoms with Gasteiger partial charge in [0.2, 0.25) is 5.91 Å². The van der Waals surface area contributed by atoms with Crippen LogP contribution in [0.1, 0.15) is 6.42 Å². The standard InChI is InChI=1S/C21H21N3O2S/c25-20(13-16-27-18-9-5-2-6-10-18)22-14-15-24-21(26)12-11-19(23-24)17-7-3-1-4-8-17/h1-12H,13-16H2,(H,22,25). The molecule has 2 aromatic carbocycles. The van der Waals surface area contributed by atoms with Crippen molar-refractivity contribution >= 4 is 17.7 Å². The van der Waals surface area contributed by atoms with Crippen molar-refractivity contribution in [2.24, 2.45) is 0 Å². The van der Waals surface area contributed by atoms with E-state index >= 15 is 0 Å². The maximum absolute atomic E-state index is 12.0. The summed E-state index contributed by atoms with van der Waals surface area (Å²) in [6, 6.07) is 22.9. The number of hydrogen-bond donors (Lipinski definition) is 1. The Morgan fingerprint density at radius 3 is 2.41 bits per heavy atom. The van der Waals surface area contributed by atoms with Crippen LogP contribution in [0.5, 0.6) is 0 Å². The Balaban J connectivity index is 1.47. The SMILES string of the molecule is O=C(CCSc1ccccc1)NCCn1nc(-c2ccccc2)ccc1=O. The van der Waals surface area contributed by atoms with Crippen LogP contribution in [0.4, 0.5) is 0 Å². The first-order valence-corrected chi connectivity index (χ1v) is 9.79. The molecule has 0 radical (unpaired) electrons. The number of hydrogen-bond acceptors (Lipinski definition) is 4. The lowest BCUT2D eigenvalue weighted by molar-refractivity contribution is -0.120. The first kappa shape index (κ1) is 18.9. The monoisotopic (exact) mass is 379 g/mol. The lowest BCUT2D eigenvalue weighted by Gasteiger charge is -2.08. The molecule has 1 N–H and O–H groups in total. The van der Waals surface area contributed by atoms with E-state index in [0.29, 0.717) is 19.5 Å². The van der Waals surface area contributed by atoms with E-state index in [1.54, 1.807) is 17.8 Å². The zero-order valence-corrected chi connectivity index (χ0v) is 15.7. The van der Waals surface area contributed by atoms with Gasteiger partial charge >= 0.3 is 0 Å². The maximum atomic E-state index is 12.0. The lowest BCUT2D eigenvalue weighted by Crippen LogP contribution is -2.32. The molecule has 0 unspecified atom stereocenters. The minimum atomic E-state index is -0.177. The van der Waals surface area contributed by atoms with Gasteiger partial charge in [-0.05, 0) is 18.2 Å². The van der Waals surface area contributed by atoms with E-state index in [0.717, 1.165) is 21.9 Å². The summed E-state index contributed by atoms with van der Waals surface area (Å²) < 4.78 is 1.39. The van der Waals surface area contributed by atoms with Crippen LogP contribution in [-0.4, -0.2) is 28.0 Å². The topological polar surface area (TPSA) is 64.0 Å². The van der Waals surface area contributed by atoms with Gasteiger partial charge in [-0.15, -0.1) is 11.8 Å². The first-order chi connectivity index (χ1) is 13.2. The summed E-state index contributed by atoms with van der Waals surface area (Å²) in [4.78, 5) is 25.1. The minimum Gasteiger partial charge on any atom is -0.354 e. The minimum absolute atomic E-state index is 0.0225. The quantitative estimate of drug-likeness (QED) is 0.611. The Kier molecular flexibility index (Phi) is 6.82. The molecule has 0 aliphatic heterocycles. The number of thioether (sulfide) groups is 1. The van der Waals surface area contributed by atoms with Gasteiger partial charge < -0.3 is 5.32 Å². The highest BCUT2D eigenvalue weighted by Crippen LogP contribution is 2.17. The summed E-state index contributed by atoms with van der Waals surface area (Å²) in [5.74, 6) is 0.697. The Labute approximate surface area is 162 Å². The number of nitrogens with zero attached hydrogens (tertiary/aromatic N) is 2. The van der Waals surface area contributed by atoms with Crippen molar-refractivity contribution < 1.29 is 4.79 Å². The lowest BCUT2D eigenvalue weighted by atomic mass is 10.1. The number of benzene rings is 2. The molecular formula is C21H21N3O2S. The van der Waals surface area contributed by atoms with Gasteiger partial charge in [-0.1, -0.05) is 48.5 Å². The average Bonchev–Trinajstić information content (AvgIpc) is 2.71. The third-order valence-electron chi connectivity index (χ3n) is 3.92. The number of amides is 1. The molecule has 1 aromatic heterocycles. The average molecular weight is 379 g/mol. The van der Waals surface area contributed by atoms with Crippen LogP contribution in [0, 0.1) is 0 Å². The van der Waals surface area contributed by atoms with Gasteiger partial charge in [0.1, 0.15) is 0 Å². The third kappa shape index (κ3) is 5.82. The Morgan fingerprint density at radius 2 is 1.67 bits per heavy atom. The second kappa shape index (κ2) is 9.73. The zero-order valence-electron chi connectivity index (χ0n) is 14.9. The summed E-state index contributed by atoms with van der Waals surface area (Å²) in [5.41, 5.74) is 1.51. The van der Waals surface area contributed by atoms with Gasteiger partial charge in [0, 0.05) is 35.2 Å². The van der Waals surface area contributed by atoms with E-state index in [9.17, 15) is 9.59 Å². The molecule has 0 aliphatic rings. The van der Waals surface area contributed by atoms with Gasteiger partial charge in [0.25, 0.3) is 5.56 Å². The second-order valence-corrected chi connectivity index (χ2v) is 7.08. The number of carbonyl (C=O) groups excluding carboxylic acids is 1. The molecule has 3 aromatic rings. The van der Waals surface area contributed by atoms with Gasteiger partial charge in [-0.2, -0.15) is 5.10 Å². The van der Waals surface area contributed by atoms with Crippen molar-refractivity contribution in [2.75, 3.05) is 12.3 Å². The largest absolute Gasteiger partial charge is 0.354 e. The van der Waals surface area contributed by atoms with Crippen molar-refractivity contribution in [1.29, 1.82) is 0 Å². The van der Waals surface area contributed by atoms with Gasteiger partial charge in [0.05, 0.1) is 12.2 Å². The first-order valence-electron chi connectivity index (χ1n) is 8.80. The fraction of sp³-hybridized carbons (Fsp3) is 0.190. The number of rotatable bonds is 8. The normalized spacial score (nSPS) is 10.5. The molecule has 0 bridgehead atoms. The van der Waals surface area contributed by atoms with Crippen LogP contribution >= 0.6 is 11.8 Å². The van der Waals surface area contributed by atoms with E-state index in [4.69, 9.17) is 0 Å². The van der Waals surface area contributed by atoms with Crippen LogP contribution in [0.25, 0.3) is 11.3 Å². The van der Waals surface area contributed by atoms with Crippen molar-refractivity contribution in [3.8, 4) is 11.3 Å². The summed E-state index contributed by atoms with van der Waals surface area (Å²) in [7, 11) is 0. The smallest absolute Gasteiger partial charge is 0.266 e. The summed E-state index contributed by atoms with van der Waals surface area (Å²) in [5, 5.41) is 7.24. The Bertz CT molecular complexity index is 927. The molecular weight excluding hydrogens is 358 g/mol. The molecule has 27 heavy (non-hydrogen) atoms. The number of nitrogens with one attached hydrogen (secondary N) is 1. The summed E-state index contributed by atoms with van der Waals surface area (Å²) in [6.07, 6.45) is 0.436. The van der Waals surface area contributed by atoms with Crippen LogP contribution in [0.2, 0.25) is 0 Å². The molecule has 0 aliphatic carbocycles. The Morgan fingerprint density at radius 1 is 0.963 bits per heavy atom. The highest BCUT2D eigenvalue weighted by molar-refractivity contribution is 7.99. The van der Waals surface area contributed by atoms with E-state index in [1.165, 1.54) is 10.7 Å². The molecule has 1 amide bonds. The molecule has 5 nitrogen and oxygen atoms in total. The zero-order chi connectivity index (χ0) is 18.9. The maximum Gasteiger partial charge on any atom is 0.266 e. The Hall–Kier alpha value is -2.86. The highest BCUT2D eigenvalue weighted by Gasteiger charge is 2.05. The molecule has 0 saturated carbocycles. The fourth-order valence-corrected chi connectivity index (χ4v) is 3.41. The van der Waals surface area contributed by atoms with E-state index in [1.807, 2.05) is 60.7 Å². The van der Waals surface area contributed by atoms with E-state index in [2.05, 4.69) is 10.4 Å². The van der Waals surface area contributed by atoms with Crippen LogP contribution in [0.15, 0.2) is 82.5 Å². The number of aromatic nitrogens is 2. The number of carbonyl (C=O) groups is 1. The van der Waals surface area contributed by atoms with Crippen LogP contribution in [0.3, 0.4) is 0 Å². The van der Waals surface area contributed by atoms with E-state index in [-0.39, 0.29) is 11.5 Å². The van der Waals surface area contributed by atoms with Crippen molar-refractivity contribution in [2.45, 2.75) is 17.9 Å². The van der Waals surface area contributed by atoms with Crippen LogP contribution < -0.4 is 10.9 Å². The van der Waals surface area contributed by atoms with Gasteiger partial charge in [0.15, 0.2) is 0 Å². The molecule has 0 saturated heterocycles. The summed E-state index contributed by atoms with van der Waals surface area (Å²) in [6.45, 7) is 0.719. The molecule has 0 atom stereocenters. The van der Waals surface area contributed by atoms with Gasteiger partial charge in [-0.25, -0.2) is 4.68 Å². The predicted octanol–water partition coefficient (Wildman–Crippen LogP) is 3.21. The van der Waals surface area contributed by atoms with Crippen LogP contribution in [-0.2, 0) is 11.3 Å². The highest BCUT2D eigenvalue weighted by atomic mass is 32.2. The fourth-order valence-electron chi connectivity index (χ4n) is 2.54. The molecule has 1 heterocycles. The van der Waals surface area contributed by atoms with Crippen molar-refractivity contribution in [3.63, 3.8) is 0 Å². The molecule has 0 spiro atoms. The van der Waals surface area contributed by atoms with Crippen molar-refractivity contribution in [3.05, 3.63) is 83.2 Å². The van der Waals surface area contributed by atoms with E-state index < -0.39 is 0 Å². The van der Waals surface area contributed by atoms with Gasteiger partial charge in [-0.3, -0.25) is 9.59 Å². The predicted molar refractivity (Wildman–Crippen MR) is 109 cm³/mol. The second-order valence-electron chi connectivity index (χ2n) is 5.91. The van der Waals surface area contributed by atoms with Crippen molar-refractivity contribution in [1.82, 2.24) is 15.1 Å². The molecule has 138 valence electrons. The molecule has 6 heteroatoms. The summed E-state index contributed by atoms with van der Waals surface area (Å²) >= 11 is 1.65.